The molecule has 2 aromatic rings. The Balaban J connectivity index is 1.77. The highest BCUT2D eigenvalue weighted by atomic mass is 35.5. The van der Waals surface area contributed by atoms with Crippen LogP contribution in [0.5, 0.6) is 0 Å². The Morgan fingerprint density at radius 1 is 1.28 bits per heavy atom. The second-order valence-electron chi connectivity index (χ2n) is 6.24. The molecular formula is C19H18ClFN2O2. The highest BCUT2D eigenvalue weighted by Gasteiger charge is 2.36. The number of carbonyl (C=O) groups is 2. The van der Waals surface area contributed by atoms with Crippen molar-refractivity contribution >= 4 is 34.8 Å². The summed E-state index contributed by atoms with van der Waals surface area (Å²) in [6, 6.07) is 9.70. The van der Waals surface area contributed by atoms with Gasteiger partial charge in [0.25, 0.3) is 0 Å². The normalized spacial score (nSPS) is 17.0. The molecular weight excluding hydrogens is 343 g/mol. The van der Waals surface area contributed by atoms with Crippen LogP contribution in [-0.4, -0.2) is 18.4 Å². The second kappa shape index (κ2) is 6.84. The molecule has 1 saturated heterocycles. The van der Waals surface area contributed by atoms with E-state index in [9.17, 15) is 14.0 Å². The third-order valence-electron chi connectivity index (χ3n) is 4.55. The summed E-state index contributed by atoms with van der Waals surface area (Å²) in [5, 5.41) is 2.86. The number of aryl methyl sites for hydroxylation is 1. The number of hydrogen-bond acceptors (Lipinski definition) is 2. The summed E-state index contributed by atoms with van der Waals surface area (Å²) in [5.41, 5.74) is 2.93. The fraction of sp³-hybridized carbons (Fsp3) is 0.263. The van der Waals surface area contributed by atoms with Crippen LogP contribution < -0.4 is 10.2 Å². The first-order valence-corrected chi connectivity index (χ1v) is 8.37. The van der Waals surface area contributed by atoms with Crippen molar-refractivity contribution in [3.8, 4) is 0 Å². The lowest BCUT2D eigenvalue weighted by Gasteiger charge is -2.20. The lowest BCUT2D eigenvalue weighted by molar-refractivity contribution is -0.122. The average molecular weight is 361 g/mol. The minimum atomic E-state index is -0.562. The Hall–Kier alpha value is -2.40. The van der Waals surface area contributed by atoms with Gasteiger partial charge < -0.3 is 10.2 Å². The largest absolute Gasteiger partial charge is 0.323 e. The zero-order valence-corrected chi connectivity index (χ0v) is 14.7. The highest BCUT2D eigenvalue weighted by Crippen LogP contribution is 2.30. The Labute approximate surface area is 150 Å². The Morgan fingerprint density at radius 3 is 2.80 bits per heavy atom. The van der Waals surface area contributed by atoms with Crippen LogP contribution in [0.25, 0.3) is 0 Å². The zero-order valence-electron chi connectivity index (χ0n) is 14.0. The number of hydrogen-bond donors (Lipinski definition) is 1. The third-order valence-corrected chi connectivity index (χ3v) is 4.78. The number of benzene rings is 2. The van der Waals surface area contributed by atoms with Crippen molar-refractivity contribution in [2.45, 2.75) is 20.3 Å². The molecule has 1 atom stereocenters. The first-order valence-electron chi connectivity index (χ1n) is 7.99. The maximum atomic E-state index is 13.8. The fourth-order valence-corrected chi connectivity index (χ4v) is 3.14. The summed E-state index contributed by atoms with van der Waals surface area (Å²) in [5.74, 6) is -1.60. The monoisotopic (exact) mass is 360 g/mol. The van der Waals surface area contributed by atoms with Crippen LogP contribution >= 0.6 is 11.6 Å². The van der Waals surface area contributed by atoms with E-state index in [0.29, 0.717) is 5.02 Å². The van der Waals surface area contributed by atoms with Crippen molar-refractivity contribution in [3.05, 3.63) is 58.4 Å². The Kier molecular flexibility index (Phi) is 4.77. The van der Waals surface area contributed by atoms with Gasteiger partial charge in [-0.15, -0.1) is 0 Å². The van der Waals surface area contributed by atoms with Gasteiger partial charge in [-0.2, -0.15) is 0 Å². The molecule has 25 heavy (non-hydrogen) atoms. The third kappa shape index (κ3) is 3.51. The van der Waals surface area contributed by atoms with Gasteiger partial charge in [-0.05, 0) is 49.2 Å². The molecule has 0 aromatic heterocycles. The quantitative estimate of drug-likeness (QED) is 0.896. The summed E-state index contributed by atoms with van der Waals surface area (Å²) < 4.78 is 13.8. The summed E-state index contributed by atoms with van der Waals surface area (Å²) >= 11 is 5.84. The minimum absolute atomic E-state index is 0.0233. The molecule has 0 radical (unpaired) electrons. The van der Waals surface area contributed by atoms with E-state index in [-0.39, 0.29) is 30.5 Å². The van der Waals surface area contributed by atoms with Crippen LogP contribution in [-0.2, 0) is 9.59 Å². The number of nitrogens with one attached hydrogen (secondary N) is 1. The van der Waals surface area contributed by atoms with Crippen LogP contribution in [0.4, 0.5) is 15.8 Å². The smallest absolute Gasteiger partial charge is 0.229 e. The molecule has 1 N–H and O–H groups in total. The van der Waals surface area contributed by atoms with Crippen molar-refractivity contribution < 1.29 is 14.0 Å². The predicted molar refractivity (Wildman–Crippen MR) is 96.4 cm³/mol. The number of halogens is 2. The van der Waals surface area contributed by atoms with E-state index in [1.165, 1.54) is 18.2 Å². The lowest BCUT2D eigenvalue weighted by atomic mass is 10.1. The zero-order chi connectivity index (χ0) is 18.1. The molecule has 1 aliphatic rings. The first-order chi connectivity index (χ1) is 11.9. The van der Waals surface area contributed by atoms with E-state index >= 15 is 0 Å². The van der Waals surface area contributed by atoms with Gasteiger partial charge in [-0.25, -0.2) is 4.39 Å². The van der Waals surface area contributed by atoms with E-state index in [1.807, 2.05) is 32.0 Å². The van der Waals surface area contributed by atoms with E-state index < -0.39 is 11.7 Å². The number of rotatable bonds is 3. The van der Waals surface area contributed by atoms with Gasteiger partial charge in [0.05, 0.1) is 11.6 Å². The molecule has 4 nitrogen and oxygen atoms in total. The molecule has 1 heterocycles. The van der Waals surface area contributed by atoms with E-state index in [2.05, 4.69) is 5.32 Å². The molecule has 130 valence electrons. The van der Waals surface area contributed by atoms with E-state index in [4.69, 9.17) is 11.6 Å². The first kappa shape index (κ1) is 17.4. The molecule has 2 amide bonds. The van der Waals surface area contributed by atoms with Crippen molar-refractivity contribution in [3.63, 3.8) is 0 Å². The summed E-state index contributed by atoms with van der Waals surface area (Å²) in [6.07, 6.45) is 0.0986. The molecule has 0 aliphatic carbocycles. The maximum Gasteiger partial charge on any atom is 0.229 e. The molecule has 0 saturated carbocycles. The van der Waals surface area contributed by atoms with Crippen LogP contribution in [0.3, 0.4) is 0 Å². The van der Waals surface area contributed by atoms with Gasteiger partial charge >= 0.3 is 0 Å². The minimum Gasteiger partial charge on any atom is -0.323 e. The highest BCUT2D eigenvalue weighted by molar-refractivity contribution is 6.30. The van der Waals surface area contributed by atoms with Crippen LogP contribution in [0.1, 0.15) is 17.5 Å². The van der Waals surface area contributed by atoms with Gasteiger partial charge in [0, 0.05) is 23.7 Å². The second-order valence-corrected chi connectivity index (χ2v) is 6.67. The number of anilines is 2. The summed E-state index contributed by atoms with van der Waals surface area (Å²) in [7, 11) is 0. The SMILES string of the molecule is Cc1cccc(N2CC(C(=O)Nc3cc(Cl)ccc3F)CC2=O)c1C. The van der Waals surface area contributed by atoms with Gasteiger partial charge in [-0.1, -0.05) is 23.7 Å². The van der Waals surface area contributed by atoms with Gasteiger partial charge in [-0.3, -0.25) is 9.59 Å². The van der Waals surface area contributed by atoms with Crippen LogP contribution in [0.15, 0.2) is 36.4 Å². The molecule has 1 aliphatic heterocycles. The predicted octanol–water partition coefficient (Wildman–Crippen LogP) is 4.09. The Bertz CT molecular complexity index is 853. The average Bonchev–Trinajstić information content (AvgIpc) is 2.95. The molecule has 0 spiro atoms. The van der Waals surface area contributed by atoms with Crippen LogP contribution in [0.2, 0.25) is 5.02 Å². The number of carbonyl (C=O) groups excluding carboxylic acids is 2. The molecule has 3 rings (SSSR count). The number of amides is 2. The van der Waals surface area contributed by atoms with Crippen molar-refractivity contribution in [2.24, 2.45) is 5.92 Å². The standard InChI is InChI=1S/C19H18ClFN2O2/c1-11-4-3-5-17(12(11)2)23-10-13(8-18(23)24)19(25)22-16-9-14(20)6-7-15(16)21/h3-7,9,13H,8,10H2,1-2H3,(H,22,25). The topological polar surface area (TPSA) is 49.4 Å². The van der Waals surface area contributed by atoms with Crippen molar-refractivity contribution in [2.75, 3.05) is 16.8 Å². The molecule has 1 fully saturated rings. The molecule has 0 bridgehead atoms. The fourth-order valence-electron chi connectivity index (χ4n) is 2.97. The molecule has 6 heteroatoms. The van der Waals surface area contributed by atoms with Gasteiger partial charge in [0.2, 0.25) is 11.8 Å². The van der Waals surface area contributed by atoms with Crippen molar-refractivity contribution in [1.82, 2.24) is 0 Å². The summed E-state index contributed by atoms with van der Waals surface area (Å²) in [6.45, 7) is 4.20. The van der Waals surface area contributed by atoms with Crippen molar-refractivity contribution in [1.29, 1.82) is 0 Å². The lowest BCUT2D eigenvalue weighted by Crippen LogP contribution is -2.28. The van der Waals surface area contributed by atoms with E-state index in [1.54, 1.807) is 4.90 Å². The summed E-state index contributed by atoms with van der Waals surface area (Å²) in [4.78, 5) is 26.5. The van der Waals surface area contributed by atoms with Gasteiger partial charge in [0.1, 0.15) is 5.82 Å². The molecule has 2 aromatic carbocycles. The van der Waals surface area contributed by atoms with Gasteiger partial charge in [0.15, 0.2) is 0 Å². The van der Waals surface area contributed by atoms with E-state index in [0.717, 1.165) is 16.8 Å². The molecule has 1 unspecified atom stereocenters. The van der Waals surface area contributed by atoms with Crippen LogP contribution in [0, 0.1) is 25.6 Å². The maximum absolute atomic E-state index is 13.8. The Morgan fingerprint density at radius 2 is 2.04 bits per heavy atom. The number of nitrogens with zero attached hydrogens (tertiary/aromatic N) is 1.